The van der Waals surface area contributed by atoms with Crippen molar-refractivity contribution in [3.63, 3.8) is 0 Å². The van der Waals surface area contributed by atoms with Gasteiger partial charge in [0.2, 0.25) is 5.91 Å². The maximum Gasteiger partial charge on any atom is 0.227 e. The van der Waals surface area contributed by atoms with Gasteiger partial charge in [0.25, 0.3) is 0 Å². The van der Waals surface area contributed by atoms with E-state index in [-0.39, 0.29) is 17.9 Å². The van der Waals surface area contributed by atoms with E-state index >= 15 is 0 Å². The van der Waals surface area contributed by atoms with E-state index in [4.69, 9.17) is 4.42 Å². The molecule has 0 saturated heterocycles. The Bertz CT molecular complexity index is 824. The first-order chi connectivity index (χ1) is 13.0. The molecule has 4 nitrogen and oxygen atoms in total. The van der Waals surface area contributed by atoms with E-state index < -0.39 is 0 Å². The third kappa shape index (κ3) is 5.08. The zero-order valence-corrected chi connectivity index (χ0v) is 16.8. The SMILES string of the molecule is Cc1ccc(C(Cc2cccs2)C(=O)NCC(c2ccco2)N(C)C)cc1. The highest BCUT2D eigenvalue weighted by molar-refractivity contribution is 7.09. The first-order valence-corrected chi connectivity index (χ1v) is 9.99. The fourth-order valence-corrected chi connectivity index (χ4v) is 3.88. The molecule has 2 unspecified atom stereocenters. The largest absolute Gasteiger partial charge is 0.468 e. The van der Waals surface area contributed by atoms with Crippen LogP contribution in [-0.2, 0) is 11.2 Å². The van der Waals surface area contributed by atoms with Crippen LogP contribution >= 0.6 is 11.3 Å². The molecule has 2 atom stereocenters. The molecule has 0 spiro atoms. The first kappa shape index (κ1) is 19.4. The second-order valence-electron chi connectivity index (χ2n) is 6.99. The minimum Gasteiger partial charge on any atom is -0.468 e. The summed E-state index contributed by atoms with van der Waals surface area (Å²) >= 11 is 1.69. The number of furan rings is 1. The normalized spacial score (nSPS) is 13.5. The fraction of sp³-hybridized carbons (Fsp3) is 0.318. The van der Waals surface area contributed by atoms with Gasteiger partial charge in [0.05, 0.1) is 18.2 Å². The topological polar surface area (TPSA) is 45.5 Å². The van der Waals surface area contributed by atoms with Crippen LogP contribution in [0, 0.1) is 6.92 Å². The van der Waals surface area contributed by atoms with Gasteiger partial charge in [0.1, 0.15) is 5.76 Å². The Balaban J connectivity index is 1.75. The maximum atomic E-state index is 13.1. The number of carbonyl (C=O) groups is 1. The summed E-state index contributed by atoms with van der Waals surface area (Å²) in [4.78, 5) is 16.4. The summed E-state index contributed by atoms with van der Waals surface area (Å²) < 4.78 is 5.54. The van der Waals surface area contributed by atoms with E-state index in [1.54, 1.807) is 17.6 Å². The van der Waals surface area contributed by atoms with E-state index in [9.17, 15) is 4.79 Å². The molecule has 3 aromatic rings. The van der Waals surface area contributed by atoms with Crippen molar-refractivity contribution < 1.29 is 9.21 Å². The molecule has 2 heterocycles. The maximum absolute atomic E-state index is 13.1. The van der Waals surface area contributed by atoms with Crippen molar-refractivity contribution in [3.8, 4) is 0 Å². The molecule has 0 aliphatic heterocycles. The van der Waals surface area contributed by atoms with E-state index in [0.29, 0.717) is 13.0 Å². The molecule has 0 aliphatic rings. The van der Waals surface area contributed by atoms with Gasteiger partial charge in [-0.1, -0.05) is 35.9 Å². The van der Waals surface area contributed by atoms with Crippen LogP contribution in [0.1, 0.15) is 33.7 Å². The van der Waals surface area contributed by atoms with E-state index in [0.717, 1.165) is 11.3 Å². The number of rotatable bonds is 8. The molecule has 3 rings (SSSR count). The first-order valence-electron chi connectivity index (χ1n) is 9.11. The highest BCUT2D eigenvalue weighted by atomic mass is 32.1. The highest BCUT2D eigenvalue weighted by Gasteiger charge is 2.24. The molecule has 142 valence electrons. The molecular weight excluding hydrogens is 356 g/mol. The number of amides is 1. The van der Waals surface area contributed by atoms with Crippen molar-refractivity contribution >= 4 is 17.2 Å². The third-order valence-electron chi connectivity index (χ3n) is 4.75. The van der Waals surface area contributed by atoms with Gasteiger partial charge in [0, 0.05) is 11.4 Å². The second-order valence-corrected chi connectivity index (χ2v) is 8.02. The van der Waals surface area contributed by atoms with Crippen molar-refractivity contribution in [2.75, 3.05) is 20.6 Å². The molecule has 1 N–H and O–H groups in total. The van der Waals surface area contributed by atoms with E-state index in [1.807, 2.05) is 32.3 Å². The monoisotopic (exact) mass is 382 g/mol. The Hall–Kier alpha value is -2.37. The van der Waals surface area contributed by atoms with Gasteiger partial charge in [0.15, 0.2) is 0 Å². The average Bonchev–Trinajstić information content (AvgIpc) is 3.34. The van der Waals surface area contributed by atoms with Crippen LogP contribution < -0.4 is 5.32 Å². The summed E-state index contributed by atoms with van der Waals surface area (Å²) in [6.45, 7) is 2.56. The van der Waals surface area contributed by atoms with Gasteiger partial charge in [-0.05, 0) is 56.6 Å². The summed E-state index contributed by atoms with van der Waals surface area (Å²) in [7, 11) is 3.98. The number of thiophene rings is 1. The Labute approximate surface area is 164 Å². The standard InChI is InChI=1S/C22H26N2O2S/c1-16-8-10-17(11-9-16)19(14-18-6-5-13-27-18)22(25)23-15-20(24(2)3)21-7-4-12-26-21/h4-13,19-20H,14-15H2,1-3H3,(H,23,25). The molecule has 27 heavy (non-hydrogen) atoms. The number of likely N-dealkylation sites (N-methyl/N-ethyl adjacent to an activating group) is 1. The minimum atomic E-state index is -0.205. The zero-order chi connectivity index (χ0) is 19.2. The molecule has 0 radical (unpaired) electrons. The Morgan fingerprint density at radius 1 is 1.15 bits per heavy atom. The lowest BCUT2D eigenvalue weighted by atomic mass is 9.93. The van der Waals surface area contributed by atoms with Crippen LogP contribution in [0.2, 0.25) is 0 Å². The number of hydrogen-bond donors (Lipinski definition) is 1. The number of hydrogen-bond acceptors (Lipinski definition) is 4. The van der Waals surface area contributed by atoms with E-state index in [2.05, 4.69) is 52.9 Å². The van der Waals surface area contributed by atoms with Crippen molar-refractivity contribution in [2.24, 2.45) is 0 Å². The molecule has 2 aromatic heterocycles. The Morgan fingerprint density at radius 2 is 1.93 bits per heavy atom. The smallest absolute Gasteiger partial charge is 0.227 e. The summed E-state index contributed by atoms with van der Waals surface area (Å²) in [5.41, 5.74) is 2.24. The summed E-state index contributed by atoms with van der Waals surface area (Å²) in [5.74, 6) is 0.694. The summed E-state index contributed by atoms with van der Waals surface area (Å²) in [6, 6.07) is 16.2. The predicted molar refractivity (Wildman–Crippen MR) is 110 cm³/mol. The summed E-state index contributed by atoms with van der Waals surface area (Å²) in [6.07, 6.45) is 2.37. The molecule has 0 aliphatic carbocycles. The Morgan fingerprint density at radius 3 is 2.52 bits per heavy atom. The molecule has 0 bridgehead atoms. The van der Waals surface area contributed by atoms with Crippen LogP contribution in [0.25, 0.3) is 0 Å². The lowest BCUT2D eigenvalue weighted by Crippen LogP contribution is -2.37. The minimum absolute atomic E-state index is 0.00403. The lowest BCUT2D eigenvalue weighted by molar-refractivity contribution is -0.122. The molecule has 0 fully saturated rings. The average molecular weight is 383 g/mol. The molecule has 0 saturated carbocycles. The molecule has 1 aromatic carbocycles. The van der Waals surface area contributed by atoms with Crippen LogP contribution in [0.3, 0.4) is 0 Å². The van der Waals surface area contributed by atoms with Crippen molar-refractivity contribution in [3.05, 3.63) is 81.9 Å². The van der Waals surface area contributed by atoms with Crippen LogP contribution in [-0.4, -0.2) is 31.4 Å². The second kappa shape index (κ2) is 9.02. The fourth-order valence-electron chi connectivity index (χ4n) is 3.13. The van der Waals surface area contributed by atoms with Crippen LogP contribution in [0.15, 0.2) is 64.6 Å². The van der Waals surface area contributed by atoms with Crippen molar-refractivity contribution in [1.82, 2.24) is 10.2 Å². The van der Waals surface area contributed by atoms with Gasteiger partial charge in [-0.2, -0.15) is 0 Å². The zero-order valence-electron chi connectivity index (χ0n) is 16.0. The van der Waals surface area contributed by atoms with Crippen LogP contribution in [0.5, 0.6) is 0 Å². The number of aryl methyl sites for hydroxylation is 1. The Kier molecular flexibility index (Phi) is 6.48. The van der Waals surface area contributed by atoms with Gasteiger partial charge in [-0.3, -0.25) is 9.69 Å². The number of carbonyl (C=O) groups excluding carboxylic acids is 1. The highest BCUT2D eigenvalue weighted by Crippen LogP contribution is 2.25. The van der Waals surface area contributed by atoms with Gasteiger partial charge < -0.3 is 9.73 Å². The number of nitrogens with one attached hydrogen (secondary N) is 1. The van der Waals surface area contributed by atoms with Crippen molar-refractivity contribution in [2.45, 2.75) is 25.3 Å². The third-order valence-corrected chi connectivity index (χ3v) is 5.64. The van der Waals surface area contributed by atoms with Crippen LogP contribution in [0.4, 0.5) is 0 Å². The van der Waals surface area contributed by atoms with Gasteiger partial charge >= 0.3 is 0 Å². The number of nitrogens with zero attached hydrogens (tertiary/aromatic N) is 1. The quantitative estimate of drug-likeness (QED) is 0.628. The van der Waals surface area contributed by atoms with Gasteiger partial charge in [-0.25, -0.2) is 0 Å². The lowest BCUT2D eigenvalue weighted by Gasteiger charge is -2.24. The molecular formula is C22H26N2O2S. The van der Waals surface area contributed by atoms with Gasteiger partial charge in [-0.15, -0.1) is 11.3 Å². The van der Waals surface area contributed by atoms with Crippen molar-refractivity contribution in [1.29, 1.82) is 0 Å². The molecule has 5 heteroatoms. The van der Waals surface area contributed by atoms with E-state index in [1.165, 1.54) is 10.4 Å². The number of benzene rings is 1. The molecule has 1 amide bonds. The predicted octanol–water partition coefficient (Wildman–Crippen LogP) is 4.39. The summed E-state index contributed by atoms with van der Waals surface area (Å²) in [5, 5.41) is 5.20.